The third kappa shape index (κ3) is 3.68. The SMILES string of the molecule is Cc1ccnc2c3cccc(CC(C)(C)C)c3[n+]3c4ccc(CC(C)(C)C)cc4n(C)c3c12. The third-order valence-electron chi connectivity index (χ3n) is 6.61. The Labute approximate surface area is 197 Å². The minimum Gasteiger partial charge on any atom is -0.255 e. The lowest BCUT2D eigenvalue weighted by Crippen LogP contribution is -2.25. The minimum absolute atomic E-state index is 0.195. The van der Waals surface area contributed by atoms with Crippen LogP contribution in [0.25, 0.3) is 38.5 Å². The van der Waals surface area contributed by atoms with Gasteiger partial charge in [-0.1, -0.05) is 59.7 Å². The molecule has 0 N–H and O–H groups in total. The third-order valence-corrected chi connectivity index (χ3v) is 6.61. The van der Waals surface area contributed by atoms with Gasteiger partial charge in [0.1, 0.15) is 5.52 Å². The Bertz CT molecular complexity index is 1540. The fourth-order valence-electron chi connectivity index (χ4n) is 5.44. The molecule has 0 aliphatic heterocycles. The maximum atomic E-state index is 4.91. The second-order valence-electron chi connectivity index (χ2n) is 12.2. The highest BCUT2D eigenvalue weighted by atomic mass is 15.1. The first-order valence-electron chi connectivity index (χ1n) is 12.1. The number of imidazole rings is 1. The number of aryl methyl sites for hydroxylation is 2. The number of rotatable bonds is 2. The van der Waals surface area contributed by atoms with Gasteiger partial charge >= 0.3 is 0 Å². The molecule has 33 heavy (non-hydrogen) atoms. The highest BCUT2D eigenvalue weighted by Crippen LogP contribution is 2.34. The van der Waals surface area contributed by atoms with Crippen LogP contribution in [0, 0.1) is 17.8 Å². The van der Waals surface area contributed by atoms with E-state index in [0.29, 0.717) is 0 Å². The summed E-state index contributed by atoms with van der Waals surface area (Å²) < 4.78 is 4.88. The van der Waals surface area contributed by atoms with E-state index in [1.807, 2.05) is 6.20 Å². The second-order valence-corrected chi connectivity index (χ2v) is 12.2. The minimum atomic E-state index is 0.195. The van der Waals surface area contributed by atoms with E-state index in [4.69, 9.17) is 4.98 Å². The molecular formula is C30H36N3+. The van der Waals surface area contributed by atoms with Gasteiger partial charge in [0.2, 0.25) is 0 Å². The monoisotopic (exact) mass is 438 g/mol. The Kier molecular flexibility index (Phi) is 4.83. The van der Waals surface area contributed by atoms with Crippen molar-refractivity contribution in [2.45, 2.75) is 61.3 Å². The first-order chi connectivity index (χ1) is 15.4. The largest absolute Gasteiger partial charge is 0.297 e. The molecule has 0 bridgehead atoms. The van der Waals surface area contributed by atoms with E-state index in [9.17, 15) is 0 Å². The molecule has 0 amide bonds. The van der Waals surface area contributed by atoms with Crippen LogP contribution >= 0.6 is 0 Å². The van der Waals surface area contributed by atoms with Gasteiger partial charge in [-0.25, -0.2) is 4.57 Å². The molecule has 0 aliphatic carbocycles. The average Bonchev–Trinajstić information content (AvgIpc) is 2.98. The lowest BCUT2D eigenvalue weighted by molar-refractivity contribution is -0.449. The number of fused-ring (bicyclic) bond motifs is 8. The molecule has 0 aliphatic rings. The summed E-state index contributed by atoms with van der Waals surface area (Å²) in [5, 5.41) is 2.48. The molecule has 3 nitrogen and oxygen atoms in total. The summed E-state index contributed by atoms with van der Waals surface area (Å²) in [6.45, 7) is 16.1. The van der Waals surface area contributed by atoms with Crippen LogP contribution in [0.4, 0.5) is 0 Å². The van der Waals surface area contributed by atoms with Gasteiger partial charge in [0.05, 0.1) is 18.0 Å². The first kappa shape index (κ1) is 21.9. The van der Waals surface area contributed by atoms with Crippen LogP contribution in [0.15, 0.2) is 48.7 Å². The van der Waals surface area contributed by atoms with Gasteiger partial charge in [-0.3, -0.25) is 4.98 Å². The Hall–Kier alpha value is -2.94. The molecule has 2 aromatic carbocycles. The molecule has 3 heterocycles. The second kappa shape index (κ2) is 7.28. The zero-order valence-corrected chi connectivity index (χ0v) is 21.4. The van der Waals surface area contributed by atoms with Crippen molar-refractivity contribution in [1.29, 1.82) is 0 Å². The van der Waals surface area contributed by atoms with E-state index in [0.717, 1.165) is 18.4 Å². The number of para-hydroxylation sites is 1. The van der Waals surface area contributed by atoms with Crippen molar-refractivity contribution in [3.05, 3.63) is 65.4 Å². The van der Waals surface area contributed by atoms with E-state index in [1.165, 1.54) is 49.7 Å². The molecule has 170 valence electrons. The molecule has 3 aromatic heterocycles. The predicted molar refractivity (Wildman–Crippen MR) is 140 cm³/mol. The smallest absolute Gasteiger partial charge is 0.255 e. The maximum Gasteiger partial charge on any atom is 0.297 e. The van der Waals surface area contributed by atoms with Crippen molar-refractivity contribution in [3.63, 3.8) is 0 Å². The molecule has 3 heteroatoms. The normalized spacial score (nSPS) is 13.1. The predicted octanol–water partition coefficient (Wildman–Crippen LogP) is 7.10. The van der Waals surface area contributed by atoms with Crippen LogP contribution in [0.1, 0.15) is 58.2 Å². The highest BCUT2D eigenvalue weighted by Gasteiger charge is 2.28. The van der Waals surface area contributed by atoms with Crippen molar-refractivity contribution < 1.29 is 4.40 Å². The lowest BCUT2D eigenvalue weighted by atomic mass is 9.87. The van der Waals surface area contributed by atoms with Gasteiger partial charge in [-0.05, 0) is 66.0 Å². The molecule has 0 fully saturated rings. The Morgan fingerprint density at radius 1 is 0.909 bits per heavy atom. The average molecular weight is 439 g/mol. The summed E-state index contributed by atoms with van der Waals surface area (Å²) in [6.07, 6.45) is 4.03. The molecular weight excluding hydrogens is 402 g/mol. The number of benzene rings is 2. The van der Waals surface area contributed by atoms with E-state index >= 15 is 0 Å². The van der Waals surface area contributed by atoms with Crippen molar-refractivity contribution in [1.82, 2.24) is 9.55 Å². The van der Waals surface area contributed by atoms with Crippen LogP contribution < -0.4 is 4.40 Å². The fraction of sp³-hybridized carbons (Fsp3) is 0.400. The van der Waals surface area contributed by atoms with Crippen molar-refractivity contribution >= 4 is 38.5 Å². The van der Waals surface area contributed by atoms with Gasteiger partial charge in [-0.2, -0.15) is 4.40 Å². The molecule has 5 rings (SSSR count). The van der Waals surface area contributed by atoms with E-state index < -0.39 is 0 Å². The molecule has 0 atom stereocenters. The van der Waals surface area contributed by atoms with E-state index in [-0.39, 0.29) is 10.8 Å². The summed E-state index contributed by atoms with van der Waals surface area (Å²) in [5.74, 6) is 0. The number of hydrogen-bond acceptors (Lipinski definition) is 1. The van der Waals surface area contributed by atoms with Crippen LogP contribution in [-0.2, 0) is 19.9 Å². The van der Waals surface area contributed by atoms with Gasteiger partial charge in [-0.15, -0.1) is 0 Å². The fourth-order valence-corrected chi connectivity index (χ4v) is 5.44. The van der Waals surface area contributed by atoms with E-state index in [1.54, 1.807) is 0 Å². The van der Waals surface area contributed by atoms with Crippen LogP contribution in [-0.4, -0.2) is 9.55 Å². The van der Waals surface area contributed by atoms with Crippen LogP contribution in [0.3, 0.4) is 0 Å². The zero-order valence-electron chi connectivity index (χ0n) is 21.4. The summed E-state index contributed by atoms with van der Waals surface area (Å²) >= 11 is 0. The van der Waals surface area contributed by atoms with Gasteiger partial charge < -0.3 is 0 Å². The number of nitrogens with zero attached hydrogens (tertiary/aromatic N) is 3. The molecule has 0 saturated carbocycles. The molecule has 0 saturated heterocycles. The quantitative estimate of drug-likeness (QED) is 0.213. The standard InChI is InChI=1S/C30H36N3/c1-19-14-15-31-26-22-11-9-10-21(18-30(5,6)7)27(22)33-23-13-12-20(17-29(2,3)4)16-24(23)32(8)28(33)25(19)26/h9-16H,17-18H2,1-8H3/q+1. The van der Waals surface area contributed by atoms with Gasteiger partial charge in [0.15, 0.2) is 11.0 Å². The lowest BCUT2D eigenvalue weighted by Gasteiger charge is -2.19. The molecule has 5 aromatic rings. The van der Waals surface area contributed by atoms with Crippen LogP contribution in [0.5, 0.6) is 0 Å². The van der Waals surface area contributed by atoms with E-state index in [2.05, 4.69) is 107 Å². The van der Waals surface area contributed by atoms with Crippen LogP contribution in [0.2, 0.25) is 0 Å². The zero-order chi connectivity index (χ0) is 23.7. The summed E-state index contributed by atoms with van der Waals surface area (Å²) in [5.41, 5.74) is 10.6. The van der Waals surface area contributed by atoms with Gasteiger partial charge in [0.25, 0.3) is 5.65 Å². The van der Waals surface area contributed by atoms with Crippen molar-refractivity contribution in [2.24, 2.45) is 17.9 Å². The molecule has 0 unspecified atom stereocenters. The van der Waals surface area contributed by atoms with Gasteiger partial charge in [0, 0.05) is 17.1 Å². The maximum absolute atomic E-state index is 4.91. The molecule has 0 radical (unpaired) electrons. The highest BCUT2D eigenvalue weighted by molar-refractivity contribution is 6.09. The first-order valence-corrected chi connectivity index (χ1v) is 12.1. The Morgan fingerprint density at radius 3 is 2.33 bits per heavy atom. The molecule has 0 spiro atoms. The Balaban J connectivity index is 2.01. The summed E-state index contributed by atoms with van der Waals surface area (Å²) in [4.78, 5) is 4.91. The number of aromatic nitrogens is 3. The number of pyridine rings is 2. The summed E-state index contributed by atoms with van der Waals surface area (Å²) in [7, 11) is 2.21. The summed E-state index contributed by atoms with van der Waals surface area (Å²) in [6, 6.07) is 15.9. The Morgan fingerprint density at radius 2 is 1.64 bits per heavy atom. The van der Waals surface area contributed by atoms with Crippen molar-refractivity contribution in [2.75, 3.05) is 0 Å². The van der Waals surface area contributed by atoms with Crippen molar-refractivity contribution in [3.8, 4) is 0 Å². The topological polar surface area (TPSA) is 21.9 Å². The number of hydrogen-bond donors (Lipinski definition) is 0.